The lowest BCUT2D eigenvalue weighted by Gasteiger charge is -2.21. The lowest BCUT2D eigenvalue weighted by atomic mass is 10.1. The zero-order chi connectivity index (χ0) is 17.1. The third-order valence-electron chi connectivity index (χ3n) is 3.68. The van der Waals surface area contributed by atoms with E-state index in [4.69, 9.17) is 4.42 Å². The van der Waals surface area contributed by atoms with Crippen LogP contribution in [0.25, 0.3) is 11.5 Å². The molecule has 0 unspecified atom stereocenters. The fourth-order valence-electron chi connectivity index (χ4n) is 2.08. The molecule has 0 aliphatic heterocycles. The molecule has 0 spiro atoms. The number of hydrogen-bond acceptors (Lipinski definition) is 5. The number of carbonyl (C=O) groups is 1. The fourth-order valence-corrected chi connectivity index (χ4v) is 3.10. The van der Waals surface area contributed by atoms with Gasteiger partial charge in [0.15, 0.2) is 0 Å². The van der Waals surface area contributed by atoms with E-state index in [-0.39, 0.29) is 17.1 Å². The van der Waals surface area contributed by atoms with Crippen LogP contribution in [-0.2, 0) is 4.79 Å². The summed E-state index contributed by atoms with van der Waals surface area (Å²) < 4.78 is 5.75. The second kappa shape index (κ2) is 7.17. The van der Waals surface area contributed by atoms with Crippen molar-refractivity contribution in [2.45, 2.75) is 38.2 Å². The number of aromatic nitrogens is 2. The molecule has 0 bridgehead atoms. The van der Waals surface area contributed by atoms with E-state index in [1.165, 1.54) is 22.9 Å². The number of rotatable bonds is 5. The van der Waals surface area contributed by atoms with Crippen molar-refractivity contribution in [2.24, 2.45) is 5.92 Å². The maximum atomic E-state index is 12.3. The predicted molar refractivity (Wildman–Crippen MR) is 92.4 cm³/mol. The molecule has 0 saturated carbocycles. The number of thioether (sulfide) groups is 1. The average molecular weight is 333 g/mol. The first-order valence-corrected chi connectivity index (χ1v) is 8.46. The van der Waals surface area contributed by atoms with Gasteiger partial charge in [0.1, 0.15) is 0 Å². The molecule has 0 aliphatic carbocycles. The van der Waals surface area contributed by atoms with Crippen molar-refractivity contribution < 1.29 is 9.21 Å². The van der Waals surface area contributed by atoms with Crippen LogP contribution in [0.5, 0.6) is 0 Å². The Bertz CT molecular complexity index is 695. The first-order chi connectivity index (χ1) is 10.8. The molecule has 23 heavy (non-hydrogen) atoms. The number of carbonyl (C=O) groups excluding carboxylic acids is 1. The molecule has 0 fully saturated rings. The van der Waals surface area contributed by atoms with Gasteiger partial charge in [-0.1, -0.05) is 31.7 Å². The quantitative estimate of drug-likeness (QED) is 0.783. The standard InChI is InChI=1S/C17H23N3O2S/c1-10(2)14(16(21)20(5)6)23-17-19-18-15(22-17)13-8-7-11(3)12(4)9-13/h7-10,14H,1-6H3/t14-/m0/s1. The van der Waals surface area contributed by atoms with Crippen molar-refractivity contribution >= 4 is 17.7 Å². The Kier molecular flexibility index (Phi) is 5.46. The molecule has 1 atom stereocenters. The summed E-state index contributed by atoms with van der Waals surface area (Å²) in [5.41, 5.74) is 3.30. The second-order valence-electron chi connectivity index (χ2n) is 6.19. The summed E-state index contributed by atoms with van der Waals surface area (Å²) in [6, 6.07) is 6.03. The molecule has 1 heterocycles. The number of benzene rings is 1. The van der Waals surface area contributed by atoms with Gasteiger partial charge in [0.25, 0.3) is 5.22 Å². The van der Waals surface area contributed by atoms with Gasteiger partial charge in [-0.3, -0.25) is 4.79 Å². The maximum absolute atomic E-state index is 12.3. The Morgan fingerprint density at radius 1 is 1.17 bits per heavy atom. The Hall–Kier alpha value is -1.82. The average Bonchev–Trinajstić information content (AvgIpc) is 2.95. The van der Waals surface area contributed by atoms with Crippen LogP contribution in [-0.4, -0.2) is 40.3 Å². The SMILES string of the molecule is Cc1ccc(-c2nnc(S[C@H](C(=O)N(C)C)C(C)C)o2)cc1C. The van der Waals surface area contributed by atoms with Gasteiger partial charge >= 0.3 is 0 Å². The molecule has 0 saturated heterocycles. The number of nitrogens with zero attached hydrogens (tertiary/aromatic N) is 3. The topological polar surface area (TPSA) is 59.2 Å². The molecular formula is C17H23N3O2S. The van der Waals surface area contributed by atoms with Gasteiger partial charge in [-0.2, -0.15) is 0 Å². The minimum atomic E-state index is -0.238. The highest BCUT2D eigenvalue weighted by Gasteiger charge is 2.27. The van der Waals surface area contributed by atoms with Crippen LogP contribution >= 0.6 is 11.8 Å². The Morgan fingerprint density at radius 2 is 1.87 bits per heavy atom. The van der Waals surface area contributed by atoms with Crippen molar-refractivity contribution in [3.8, 4) is 11.5 Å². The first kappa shape index (κ1) is 17.5. The molecule has 2 aromatic rings. The summed E-state index contributed by atoms with van der Waals surface area (Å²) in [5.74, 6) is 0.707. The second-order valence-corrected chi connectivity index (χ2v) is 7.28. The van der Waals surface area contributed by atoms with Crippen LogP contribution < -0.4 is 0 Å². The third kappa shape index (κ3) is 4.13. The highest BCUT2D eigenvalue weighted by Crippen LogP contribution is 2.30. The van der Waals surface area contributed by atoms with Gasteiger partial charge in [0.2, 0.25) is 11.8 Å². The van der Waals surface area contributed by atoms with Crippen LogP contribution in [0, 0.1) is 19.8 Å². The van der Waals surface area contributed by atoms with Crippen LogP contribution in [0.3, 0.4) is 0 Å². The van der Waals surface area contributed by atoms with Crippen LogP contribution in [0.15, 0.2) is 27.8 Å². The van der Waals surface area contributed by atoms with Crippen molar-refractivity contribution in [3.05, 3.63) is 29.3 Å². The van der Waals surface area contributed by atoms with Crippen molar-refractivity contribution in [1.82, 2.24) is 15.1 Å². The van der Waals surface area contributed by atoms with E-state index < -0.39 is 0 Å². The molecular weight excluding hydrogens is 310 g/mol. The molecule has 2 rings (SSSR count). The smallest absolute Gasteiger partial charge is 0.277 e. The number of amides is 1. The summed E-state index contributed by atoms with van der Waals surface area (Å²) in [7, 11) is 3.51. The number of hydrogen-bond donors (Lipinski definition) is 0. The summed E-state index contributed by atoms with van der Waals surface area (Å²) in [6.45, 7) is 8.14. The Morgan fingerprint density at radius 3 is 2.43 bits per heavy atom. The Balaban J connectivity index is 2.21. The fraction of sp³-hybridized carbons (Fsp3) is 0.471. The maximum Gasteiger partial charge on any atom is 0.277 e. The molecule has 0 aliphatic rings. The van der Waals surface area contributed by atoms with E-state index in [0.717, 1.165) is 5.56 Å². The van der Waals surface area contributed by atoms with Gasteiger partial charge in [0, 0.05) is 19.7 Å². The minimum Gasteiger partial charge on any atom is -0.411 e. The van der Waals surface area contributed by atoms with Crippen LogP contribution in [0.1, 0.15) is 25.0 Å². The van der Waals surface area contributed by atoms with E-state index >= 15 is 0 Å². The van der Waals surface area contributed by atoms with E-state index in [1.54, 1.807) is 19.0 Å². The predicted octanol–water partition coefficient (Wildman–Crippen LogP) is 3.56. The van der Waals surface area contributed by atoms with Crippen molar-refractivity contribution in [3.63, 3.8) is 0 Å². The van der Waals surface area contributed by atoms with Crippen LogP contribution in [0.2, 0.25) is 0 Å². The highest BCUT2D eigenvalue weighted by molar-refractivity contribution is 8.00. The number of aryl methyl sites for hydroxylation is 2. The zero-order valence-electron chi connectivity index (χ0n) is 14.5. The lowest BCUT2D eigenvalue weighted by molar-refractivity contribution is -0.128. The van der Waals surface area contributed by atoms with Crippen LogP contribution in [0.4, 0.5) is 0 Å². The van der Waals surface area contributed by atoms with Gasteiger partial charge in [-0.15, -0.1) is 10.2 Å². The highest BCUT2D eigenvalue weighted by atomic mass is 32.2. The minimum absolute atomic E-state index is 0.0518. The monoisotopic (exact) mass is 333 g/mol. The van der Waals surface area contributed by atoms with Crippen molar-refractivity contribution in [1.29, 1.82) is 0 Å². The van der Waals surface area contributed by atoms with E-state index in [1.807, 2.05) is 32.0 Å². The van der Waals surface area contributed by atoms with Crippen molar-refractivity contribution in [2.75, 3.05) is 14.1 Å². The van der Waals surface area contributed by atoms with E-state index in [2.05, 4.69) is 24.0 Å². The third-order valence-corrected chi connectivity index (χ3v) is 5.04. The summed E-state index contributed by atoms with van der Waals surface area (Å²) in [6.07, 6.45) is 0. The lowest BCUT2D eigenvalue weighted by Crippen LogP contribution is -2.34. The van der Waals surface area contributed by atoms with Gasteiger partial charge < -0.3 is 9.32 Å². The summed E-state index contributed by atoms with van der Waals surface area (Å²) >= 11 is 1.32. The molecule has 0 N–H and O–H groups in total. The Labute approximate surface area is 141 Å². The molecule has 124 valence electrons. The van der Waals surface area contributed by atoms with E-state index in [9.17, 15) is 4.79 Å². The normalized spacial score (nSPS) is 12.5. The molecule has 0 radical (unpaired) electrons. The molecule has 5 nitrogen and oxygen atoms in total. The zero-order valence-corrected chi connectivity index (χ0v) is 15.3. The first-order valence-electron chi connectivity index (χ1n) is 7.58. The van der Waals surface area contributed by atoms with Gasteiger partial charge in [-0.25, -0.2) is 0 Å². The van der Waals surface area contributed by atoms with Gasteiger partial charge in [-0.05, 0) is 43.0 Å². The summed E-state index contributed by atoms with van der Waals surface area (Å²) in [5, 5.41) is 8.38. The molecule has 1 aromatic heterocycles. The molecule has 1 amide bonds. The van der Waals surface area contributed by atoms with Gasteiger partial charge in [0.05, 0.1) is 5.25 Å². The molecule has 1 aromatic carbocycles. The summed E-state index contributed by atoms with van der Waals surface area (Å²) in [4.78, 5) is 13.9. The van der Waals surface area contributed by atoms with E-state index in [0.29, 0.717) is 11.1 Å². The molecule has 6 heteroatoms. The largest absolute Gasteiger partial charge is 0.411 e.